The Bertz CT molecular complexity index is 516. The number of aromatic nitrogens is 1. The van der Waals surface area contributed by atoms with Crippen LogP contribution in [0.5, 0.6) is 0 Å². The summed E-state index contributed by atoms with van der Waals surface area (Å²) in [5.41, 5.74) is 2.51. The highest BCUT2D eigenvalue weighted by Crippen LogP contribution is 2.19. The first-order valence-corrected chi connectivity index (χ1v) is 6.20. The minimum Gasteiger partial charge on any atom is -0.457 e. The van der Waals surface area contributed by atoms with E-state index in [1.165, 1.54) is 11.8 Å². The molecule has 4 heteroatoms. The lowest BCUT2D eigenvalue weighted by Gasteiger charge is -2.00. The van der Waals surface area contributed by atoms with Gasteiger partial charge in [0.15, 0.2) is 10.5 Å². The van der Waals surface area contributed by atoms with Gasteiger partial charge in [0.1, 0.15) is 0 Å². The number of ketones is 1. The third kappa shape index (κ3) is 2.82. The van der Waals surface area contributed by atoms with E-state index in [1.807, 2.05) is 18.3 Å². The first-order valence-electron chi connectivity index (χ1n) is 5.40. The van der Waals surface area contributed by atoms with Crippen molar-refractivity contribution >= 4 is 21.7 Å². The lowest BCUT2D eigenvalue weighted by Crippen LogP contribution is -2.04. The fourth-order valence-corrected chi connectivity index (χ4v) is 1.98. The number of carbonyl (C=O) groups excluding carboxylic acids is 1. The van der Waals surface area contributed by atoms with Crippen molar-refractivity contribution in [3.05, 3.63) is 52.1 Å². The minimum absolute atomic E-state index is 0.00220. The first-order chi connectivity index (χ1) is 8.20. The lowest BCUT2D eigenvalue weighted by molar-refractivity contribution is 0.0990. The molecule has 0 radical (unpaired) electrons. The van der Waals surface area contributed by atoms with Gasteiger partial charge in [0, 0.05) is 11.9 Å². The van der Waals surface area contributed by atoms with Gasteiger partial charge in [0.05, 0.1) is 18.2 Å². The van der Waals surface area contributed by atoms with Crippen molar-refractivity contribution in [1.82, 2.24) is 4.98 Å². The molecule has 2 heterocycles. The van der Waals surface area contributed by atoms with Gasteiger partial charge in [-0.1, -0.05) is 13.0 Å². The number of hydrogen-bond acceptors (Lipinski definition) is 3. The average Bonchev–Trinajstić information content (AvgIpc) is 2.76. The molecule has 2 aromatic rings. The van der Waals surface area contributed by atoms with Gasteiger partial charge in [-0.15, -0.1) is 0 Å². The highest BCUT2D eigenvalue weighted by Gasteiger charge is 2.13. The van der Waals surface area contributed by atoms with Crippen molar-refractivity contribution in [1.29, 1.82) is 0 Å². The second-order valence-electron chi connectivity index (χ2n) is 3.72. The highest BCUT2D eigenvalue weighted by atomic mass is 79.9. The summed E-state index contributed by atoms with van der Waals surface area (Å²) in [7, 11) is 0. The molecule has 0 aromatic carbocycles. The smallest absolute Gasteiger partial charge is 0.179 e. The van der Waals surface area contributed by atoms with E-state index in [2.05, 4.69) is 27.8 Å². The Morgan fingerprint density at radius 2 is 2.24 bits per heavy atom. The monoisotopic (exact) mass is 293 g/mol. The number of carbonyl (C=O) groups is 1. The lowest BCUT2D eigenvalue weighted by atomic mass is 10.1. The summed E-state index contributed by atoms with van der Waals surface area (Å²) in [6.45, 7) is 2.07. The molecule has 0 aliphatic rings. The van der Waals surface area contributed by atoms with Crippen molar-refractivity contribution in [2.24, 2.45) is 0 Å². The van der Waals surface area contributed by atoms with Crippen LogP contribution in [0.2, 0.25) is 0 Å². The van der Waals surface area contributed by atoms with Gasteiger partial charge in [-0.2, -0.15) is 0 Å². The average molecular weight is 294 g/mol. The first kappa shape index (κ1) is 12.0. The zero-order chi connectivity index (χ0) is 12.3. The molecule has 3 nitrogen and oxygen atoms in total. The summed E-state index contributed by atoms with van der Waals surface area (Å²) in [6.07, 6.45) is 4.55. The molecule has 0 aliphatic heterocycles. The van der Waals surface area contributed by atoms with Crippen molar-refractivity contribution in [3.63, 3.8) is 0 Å². The zero-order valence-corrected chi connectivity index (χ0v) is 11.0. The summed E-state index contributed by atoms with van der Waals surface area (Å²) < 4.78 is 5.51. The Kier molecular flexibility index (Phi) is 3.74. The molecule has 88 valence electrons. The molecule has 0 bridgehead atoms. The van der Waals surface area contributed by atoms with E-state index in [4.69, 9.17) is 4.42 Å². The van der Waals surface area contributed by atoms with Crippen molar-refractivity contribution < 1.29 is 9.21 Å². The van der Waals surface area contributed by atoms with Crippen LogP contribution < -0.4 is 0 Å². The molecule has 0 saturated carbocycles. The summed E-state index contributed by atoms with van der Waals surface area (Å²) in [5.74, 6) is 0.00220. The number of Topliss-reactive ketones (excluding diaryl/α,β-unsaturated/α-hetero) is 1. The highest BCUT2D eigenvalue weighted by molar-refractivity contribution is 9.10. The molecule has 0 amide bonds. The second-order valence-corrected chi connectivity index (χ2v) is 4.44. The van der Waals surface area contributed by atoms with Gasteiger partial charge in [-0.25, -0.2) is 0 Å². The van der Waals surface area contributed by atoms with Gasteiger partial charge in [-0.05, 0) is 40.0 Å². The Labute approximate surface area is 108 Å². The van der Waals surface area contributed by atoms with Crippen LogP contribution in [0.4, 0.5) is 0 Å². The third-order valence-corrected chi connectivity index (χ3v) is 3.17. The van der Waals surface area contributed by atoms with E-state index < -0.39 is 0 Å². The maximum atomic E-state index is 11.9. The topological polar surface area (TPSA) is 43.1 Å². The molecule has 0 unspecified atom stereocenters. The largest absolute Gasteiger partial charge is 0.457 e. The number of furan rings is 1. The molecule has 0 spiro atoms. The number of rotatable bonds is 4. The Hall–Kier alpha value is -1.42. The normalized spacial score (nSPS) is 10.5. The second kappa shape index (κ2) is 5.27. The number of hydrogen-bond donors (Lipinski definition) is 0. The Morgan fingerprint density at radius 3 is 2.76 bits per heavy atom. The van der Waals surface area contributed by atoms with E-state index in [9.17, 15) is 4.79 Å². The summed E-state index contributed by atoms with van der Waals surface area (Å²) in [4.78, 5) is 16.2. The summed E-state index contributed by atoms with van der Waals surface area (Å²) in [6, 6.07) is 5.55. The van der Waals surface area contributed by atoms with Gasteiger partial charge in [0.2, 0.25) is 0 Å². The van der Waals surface area contributed by atoms with E-state index in [0.717, 1.165) is 12.1 Å². The van der Waals surface area contributed by atoms with Crippen LogP contribution in [0, 0.1) is 0 Å². The quantitative estimate of drug-likeness (QED) is 0.811. The fourth-order valence-electron chi connectivity index (χ4n) is 1.52. The van der Waals surface area contributed by atoms with Crippen LogP contribution in [-0.4, -0.2) is 10.8 Å². The van der Waals surface area contributed by atoms with Crippen molar-refractivity contribution in [2.45, 2.75) is 19.8 Å². The number of pyridine rings is 1. The SMILES string of the molecule is CCc1ccc(CC(=O)c2ccoc2Br)nc1. The third-order valence-electron chi connectivity index (χ3n) is 2.55. The molecular weight excluding hydrogens is 282 g/mol. The van der Waals surface area contributed by atoms with Gasteiger partial charge >= 0.3 is 0 Å². The molecule has 2 aromatic heterocycles. The predicted molar refractivity (Wildman–Crippen MR) is 68.1 cm³/mol. The predicted octanol–water partition coefficient (Wildman–Crippen LogP) is 3.42. The maximum absolute atomic E-state index is 11.9. The van der Waals surface area contributed by atoms with Crippen LogP contribution in [0.3, 0.4) is 0 Å². The molecule has 17 heavy (non-hydrogen) atoms. The molecule has 0 atom stereocenters. The molecule has 0 fully saturated rings. The summed E-state index contributed by atoms with van der Waals surface area (Å²) >= 11 is 3.20. The Balaban J connectivity index is 2.10. The van der Waals surface area contributed by atoms with Crippen molar-refractivity contribution in [2.75, 3.05) is 0 Å². The van der Waals surface area contributed by atoms with Gasteiger partial charge < -0.3 is 4.42 Å². The fraction of sp³-hybridized carbons (Fsp3) is 0.231. The van der Waals surface area contributed by atoms with Crippen LogP contribution >= 0.6 is 15.9 Å². The number of halogens is 1. The van der Waals surface area contributed by atoms with E-state index in [-0.39, 0.29) is 5.78 Å². The molecule has 0 N–H and O–H groups in total. The van der Waals surface area contributed by atoms with E-state index >= 15 is 0 Å². The maximum Gasteiger partial charge on any atom is 0.179 e. The van der Waals surface area contributed by atoms with Gasteiger partial charge in [0.25, 0.3) is 0 Å². The molecule has 0 aliphatic carbocycles. The minimum atomic E-state index is 0.00220. The number of aryl methyl sites for hydroxylation is 1. The molecule has 0 saturated heterocycles. The van der Waals surface area contributed by atoms with Crippen LogP contribution in [0.25, 0.3) is 0 Å². The zero-order valence-electron chi connectivity index (χ0n) is 9.44. The van der Waals surface area contributed by atoms with Crippen LogP contribution in [0.1, 0.15) is 28.5 Å². The standard InChI is InChI=1S/C13H12BrNO2/c1-2-9-3-4-10(15-8-9)7-12(16)11-5-6-17-13(11)14/h3-6,8H,2,7H2,1H3. The van der Waals surface area contributed by atoms with Crippen LogP contribution in [-0.2, 0) is 12.8 Å². The van der Waals surface area contributed by atoms with E-state index in [0.29, 0.717) is 16.7 Å². The Morgan fingerprint density at radius 1 is 1.41 bits per heavy atom. The number of nitrogens with zero attached hydrogens (tertiary/aromatic N) is 1. The van der Waals surface area contributed by atoms with E-state index in [1.54, 1.807) is 6.07 Å². The van der Waals surface area contributed by atoms with Crippen molar-refractivity contribution in [3.8, 4) is 0 Å². The molecular formula is C13H12BrNO2. The molecule has 2 rings (SSSR count). The van der Waals surface area contributed by atoms with Crippen LogP contribution in [0.15, 0.2) is 39.7 Å². The van der Waals surface area contributed by atoms with Gasteiger partial charge in [-0.3, -0.25) is 9.78 Å². The summed E-state index contributed by atoms with van der Waals surface area (Å²) in [5, 5.41) is 0.